The van der Waals surface area contributed by atoms with Gasteiger partial charge < -0.3 is 4.98 Å². The maximum absolute atomic E-state index is 13.6. The summed E-state index contributed by atoms with van der Waals surface area (Å²) < 4.78 is 14.2. The van der Waals surface area contributed by atoms with Gasteiger partial charge in [0.05, 0.1) is 5.56 Å². The van der Waals surface area contributed by atoms with Crippen LogP contribution in [-0.2, 0) is 0 Å². The van der Waals surface area contributed by atoms with Crippen LogP contribution in [0.25, 0.3) is 11.4 Å². The molecule has 0 amide bonds. The molecular weight excluding hydrogens is 275 g/mol. The lowest BCUT2D eigenvalue weighted by Crippen LogP contribution is -2.09. The first-order valence-electron chi connectivity index (χ1n) is 4.59. The van der Waals surface area contributed by atoms with Crippen molar-refractivity contribution in [3.8, 4) is 11.4 Å². The topological polar surface area (TPSA) is 45.8 Å². The number of aromatic amines is 1. The van der Waals surface area contributed by atoms with Crippen molar-refractivity contribution in [1.29, 1.82) is 0 Å². The summed E-state index contributed by atoms with van der Waals surface area (Å²) in [5.74, 6) is -0.182. The molecule has 0 aliphatic heterocycles. The Hall–Kier alpha value is -1.49. The summed E-state index contributed by atoms with van der Waals surface area (Å²) in [7, 11) is 0. The van der Waals surface area contributed by atoms with Crippen LogP contribution in [0, 0.1) is 12.7 Å². The molecule has 0 radical (unpaired) electrons. The van der Waals surface area contributed by atoms with Crippen LogP contribution in [-0.4, -0.2) is 9.97 Å². The Kier molecular flexibility index (Phi) is 2.87. The highest BCUT2D eigenvalue weighted by molar-refractivity contribution is 9.10. The Balaban J connectivity index is 2.63. The van der Waals surface area contributed by atoms with Gasteiger partial charge in [-0.15, -0.1) is 0 Å². The van der Waals surface area contributed by atoms with E-state index in [1.165, 1.54) is 12.1 Å². The second-order valence-corrected chi connectivity index (χ2v) is 4.28. The molecule has 0 aliphatic carbocycles. The molecule has 0 saturated carbocycles. The van der Waals surface area contributed by atoms with Gasteiger partial charge in [-0.25, -0.2) is 9.37 Å². The summed E-state index contributed by atoms with van der Waals surface area (Å²) in [5, 5.41) is 0. The van der Waals surface area contributed by atoms with E-state index in [-0.39, 0.29) is 16.9 Å². The number of hydrogen-bond acceptors (Lipinski definition) is 2. The van der Waals surface area contributed by atoms with E-state index in [1.807, 2.05) is 0 Å². The number of H-pyrrole nitrogens is 1. The third kappa shape index (κ3) is 2.19. The van der Waals surface area contributed by atoms with Crippen LogP contribution >= 0.6 is 15.9 Å². The standard InChI is InChI=1S/C11H8BrFN2O/c1-6-4-10(16)15-11(14-6)8-3-2-7(12)5-9(8)13/h2-5H,1H3,(H,14,15,16). The van der Waals surface area contributed by atoms with E-state index in [2.05, 4.69) is 25.9 Å². The molecular formula is C11H8BrFN2O. The SMILES string of the molecule is Cc1cc(=O)[nH]c(-c2ccc(Br)cc2F)n1. The first kappa shape index (κ1) is 11.0. The van der Waals surface area contributed by atoms with Gasteiger partial charge in [-0.3, -0.25) is 4.79 Å². The van der Waals surface area contributed by atoms with Crippen molar-refractivity contribution in [3.05, 3.63) is 50.6 Å². The van der Waals surface area contributed by atoms with Gasteiger partial charge in [0.15, 0.2) is 0 Å². The van der Waals surface area contributed by atoms with Gasteiger partial charge in [-0.05, 0) is 25.1 Å². The molecule has 0 unspecified atom stereocenters. The molecule has 0 fully saturated rings. The third-order valence-corrected chi connectivity index (χ3v) is 2.55. The Morgan fingerprint density at radius 1 is 1.38 bits per heavy atom. The van der Waals surface area contributed by atoms with E-state index >= 15 is 0 Å². The van der Waals surface area contributed by atoms with Gasteiger partial charge in [0.25, 0.3) is 5.56 Å². The number of nitrogens with zero attached hydrogens (tertiary/aromatic N) is 1. The Morgan fingerprint density at radius 3 is 2.75 bits per heavy atom. The molecule has 0 aliphatic rings. The first-order chi connectivity index (χ1) is 7.56. The second kappa shape index (κ2) is 4.17. The molecule has 0 spiro atoms. The van der Waals surface area contributed by atoms with Crippen molar-refractivity contribution in [2.45, 2.75) is 6.92 Å². The van der Waals surface area contributed by atoms with Gasteiger partial charge in [-0.1, -0.05) is 15.9 Å². The van der Waals surface area contributed by atoms with Crippen molar-refractivity contribution in [3.63, 3.8) is 0 Å². The van der Waals surface area contributed by atoms with E-state index in [0.717, 1.165) is 0 Å². The number of aryl methyl sites for hydroxylation is 1. The number of hydrogen-bond donors (Lipinski definition) is 1. The minimum atomic E-state index is -0.428. The lowest BCUT2D eigenvalue weighted by molar-refractivity contribution is 0.629. The average Bonchev–Trinajstić information content (AvgIpc) is 2.15. The number of halogens is 2. The number of rotatable bonds is 1. The fraction of sp³-hybridized carbons (Fsp3) is 0.0909. The monoisotopic (exact) mass is 282 g/mol. The molecule has 0 atom stereocenters. The molecule has 16 heavy (non-hydrogen) atoms. The number of nitrogens with one attached hydrogen (secondary N) is 1. The van der Waals surface area contributed by atoms with Crippen molar-refractivity contribution in [2.24, 2.45) is 0 Å². The molecule has 1 aromatic heterocycles. The molecule has 0 saturated heterocycles. The summed E-state index contributed by atoms with van der Waals surface area (Å²) in [6, 6.07) is 5.95. The predicted octanol–water partition coefficient (Wildman–Crippen LogP) is 2.65. The van der Waals surface area contributed by atoms with Gasteiger partial charge in [0, 0.05) is 16.2 Å². The van der Waals surface area contributed by atoms with E-state index in [9.17, 15) is 9.18 Å². The molecule has 5 heteroatoms. The lowest BCUT2D eigenvalue weighted by atomic mass is 10.2. The molecule has 0 bridgehead atoms. The number of benzene rings is 1. The normalized spacial score (nSPS) is 10.4. The minimum Gasteiger partial charge on any atom is -0.306 e. The quantitative estimate of drug-likeness (QED) is 0.874. The smallest absolute Gasteiger partial charge is 0.251 e. The number of aromatic nitrogens is 2. The third-order valence-electron chi connectivity index (χ3n) is 2.06. The highest BCUT2D eigenvalue weighted by atomic mass is 79.9. The van der Waals surface area contributed by atoms with E-state index in [1.54, 1.807) is 19.1 Å². The van der Waals surface area contributed by atoms with Crippen LogP contribution < -0.4 is 5.56 Å². The Bertz CT molecular complexity index is 595. The predicted molar refractivity (Wildman–Crippen MR) is 62.7 cm³/mol. The molecule has 3 nitrogen and oxygen atoms in total. The zero-order chi connectivity index (χ0) is 11.7. The van der Waals surface area contributed by atoms with Crippen molar-refractivity contribution >= 4 is 15.9 Å². The van der Waals surface area contributed by atoms with Crippen LogP contribution in [0.15, 0.2) is 33.5 Å². The molecule has 1 heterocycles. The van der Waals surface area contributed by atoms with Gasteiger partial charge >= 0.3 is 0 Å². The lowest BCUT2D eigenvalue weighted by Gasteiger charge is -2.03. The fourth-order valence-electron chi connectivity index (χ4n) is 1.39. The second-order valence-electron chi connectivity index (χ2n) is 3.36. The average molecular weight is 283 g/mol. The van der Waals surface area contributed by atoms with Crippen LogP contribution in [0.1, 0.15) is 5.69 Å². The highest BCUT2D eigenvalue weighted by Crippen LogP contribution is 2.21. The molecule has 1 aromatic carbocycles. The summed E-state index contributed by atoms with van der Waals surface area (Å²) in [6.07, 6.45) is 0. The highest BCUT2D eigenvalue weighted by Gasteiger charge is 2.08. The minimum absolute atomic E-state index is 0.245. The zero-order valence-corrected chi connectivity index (χ0v) is 10.0. The fourth-order valence-corrected chi connectivity index (χ4v) is 1.72. The molecule has 82 valence electrons. The van der Waals surface area contributed by atoms with Gasteiger partial charge in [-0.2, -0.15) is 0 Å². The van der Waals surface area contributed by atoms with Gasteiger partial charge in [0.1, 0.15) is 11.6 Å². The van der Waals surface area contributed by atoms with E-state index in [0.29, 0.717) is 10.2 Å². The van der Waals surface area contributed by atoms with Crippen LogP contribution in [0.5, 0.6) is 0 Å². The van der Waals surface area contributed by atoms with Crippen LogP contribution in [0.3, 0.4) is 0 Å². The maximum Gasteiger partial charge on any atom is 0.251 e. The Morgan fingerprint density at radius 2 is 2.12 bits per heavy atom. The van der Waals surface area contributed by atoms with Crippen molar-refractivity contribution in [1.82, 2.24) is 9.97 Å². The van der Waals surface area contributed by atoms with E-state index in [4.69, 9.17) is 0 Å². The van der Waals surface area contributed by atoms with Crippen LogP contribution in [0.2, 0.25) is 0 Å². The summed E-state index contributed by atoms with van der Waals surface area (Å²) in [6.45, 7) is 1.69. The molecule has 1 N–H and O–H groups in total. The Labute approximate surface area is 99.5 Å². The van der Waals surface area contributed by atoms with Crippen molar-refractivity contribution in [2.75, 3.05) is 0 Å². The van der Waals surface area contributed by atoms with Crippen molar-refractivity contribution < 1.29 is 4.39 Å². The molecule has 2 aromatic rings. The maximum atomic E-state index is 13.6. The first-order valence-corrected chi connectivity index (χ1v) is 5.39. The van der Waals surface area contributed by atoms with E-state index < -0.39 is 5.82 Å². The summed E-state index contributed by atoms with van der Waals surface area (Å²) in [5.41, 5.74) is 0.551. The largest absolute Gasteiger partial charge is 0.306 e. The zero-order valence-electron chi connectivity index (χ0n) is 8.42. The van der Waals surface area contributed by atoms with Crippen LogP contribution in [0.4, 0.5) is 4.39 Å². The summed E-state index contributed by atoms with van der Waals surface area (Å²) >= 11 is 3.17. The summed E-state index contributed by atoms with van der Waals surface area (Å²) in [4.78, 5) is 17.8. The van der Waals surface area contributed by atoms with Gasteiger partial charge in [0.2, 0.25) is 0 Å². The molecule has 2 rings (SSSR count).